The van der Waals surface area contributed by atoms with Gasteiger partial charge in [0.05, 0.1) is 5.69 Å². The number of rotatable bonds is 1. The highest BCUT2D eigenvalue weighted by molar-refractivity contribution is 5.66. The third kappa shape index (κ3) is 1.12. The van der Waals surface area contributed by atoms with E-state index in [1.54, 1.807) is 0 Å². The number of aromatic nitrogens is 1. The molecule has 0 bridgehead atoms. The number of nitrogens with zero attached hydrogens (tertiary/aromatic N) is 1. The minimum absolute atomic E-state index is 0.655. The minimum atomic E-state index is 0.655. The summed E-state index contributed by atoms with van der Waals surface area (Å²) in [6, 6.07) is 2.03. The molecule has 74 valence electrons. The van der Waals surface area contributed by atoms with Crippen LogP contribution in [0.5, 0.6) is 0 Å². The Kier molecular flexibility index (Phi) is 1.74. The standard InChI is InChI=1S/C11H14N2O/c1-7-4-11(14-13-7)9-3-2-8-5-12-6-10(8)9/h3-4,8,10,12H,2,5-6H2,1H3. The van der Waals surface area contributed by atoms with Crippen molar-refractivity contribution < 1.29 is 4.52 Å². The lowest BCUT2D eigenvalue weighted by molar-refractivity contribution is 0.399. The largest absolute Gasteiger partial charge is 0.356 e. The van der Waals surface area contributed by atoms with Crippen molar-refractivity contribution in [3.63, 3.8) is 0 Å². The Balaban J connectivity index is 1.92. The molecule has 0 spiro atoms. The molecule has 2 unspecified atom stereocenters. The van der Waals surface area contributed by atoms with E-state index in [0.717, 1.165) is 30.5 Å². The van der Waals surface area contributed by atoms with Crippen molar-refractivity contribution in [3.8, 4) is 0 Å². The Bertz CT molecular complexity index is 380. The molecule has 1 N–H and O–H groups in total. The van der Waals surface area contributed by atoms with Crippen LogP contribution in [0.25, 0.3) is 5.57 Å². The molecule has 1 fully saturated rings. The summed E-state index contributed by atoms with van der Waals surface area (Å²) in [7, 11) is 0. The first-order valence-electron chi connectivity index (χ1n) is 5.19. The molecule has 0 radical (unpaired) electrons. The van der Waals surface area contributed by atoms with E-state index in [4.69, 9.17) is 4.52 Å². The molecule has 0 amide bonds. The van der Waals surface area contributed by atoms with Crippen LogP contribution in [0.4, 0.5) is 0 Å². The van der Waals surface area contributed by atoms with Gasteiger partial charge in [0.25, 0.3) is 0 Å². The van der Waals surface area contributed by atoms with Gasteiger partial charge >= 0.3 is 0 Å². The van der Waals surface area contributed by atoms with E-state index in [0.29, 0.717) is 5.92 Å². The summed E-state index contributed by atoms with van der Waals surface area (Å²) >= 11 is 0. The Hall–Kier alpha value is -1.09. The van der Waals surface area contributed by atoms with E-state index in [1.165, 1.54) is 12.0 Å². The van der Waals surface area contributed by atoms with Crippen LogP contribution >= 0.6 is 0 Å². The summed E-state index contributed by atoms with van der Waals surface area (Å²) in [5.74, 6) is 2.41. The van der Waals surface area contributed by atoms with Gasteiger partial charge in [-0.2, -0.15) is 0 Å². The smallest absolute Gasteiger partial charge is 0.163 e. The zero-order valence-electron chi connectivity index (χ0n) is 8.29. The molecule has 0 aromatic carbocycles. The molecular weight excluding hydrogens is 176 g/mol. The fourth-order valence-corrected chi connectivity index (χ4v) is 2.56. The first-order chi connectivity index (χ1) is 6.84. The molecule has 14 heavy (non-hydrogen) atoms. The maximum absolute atomic E-state index is 5.31. The van der Waals surface area contributed by atoms with Gasteiger partial charge < -0.3 is 9.84 Å². The van der Waals surface area contributed by atoms with Crippen molar-refractivity contribution in [3.05, 3.63) is 23.6 Å². The SMILES string of the molecule is Cc1cc(C2=CCC3CNCC23)on1. The predicted molar refractivity (Wildman–Crippen MR) is 53.7 cm³/mol. The van der Waals surface area contributed by atoms with Gasteiger partial charge in [-0.1, -0.05) is 11.2 Å². The van der Waals surface area contributed by atoms with Crippen LogP contribution < -0.4 is 5.32 Å². The topological polar surface area (TPSA) is 38.1 Å². The van der Waals surface area contributed by atoms with Gasteiger partial charge in [0.1, 0.15) is 0 Å². The predicted octanol–water partition coefficient (Wildman–Crippen LogP) is 1.61. The second kappa shape index (κ2) is 2.95. The Morgan fingerprint density at radius 2 is 2.43 bits per heavy atom. The number of nitrogens with one attached hydrogen (secondary N) is 1. The Labute approximate surface area is 83.2 Å². The molecule has 2 atom stereocenters. The third-order valence-electron chi connectivity index (χ3n) is 3.29. The van der Waals surface area contributed by atoms with Gasteiger partial charge in [-0.05, 0) is 31.4 Å². The van der Waals surface area contributed by atoms with E-state index in [1.807, 2.05) is 13.0 Å². The van der Waals surface area contributed by atoms with Gasteiger partial charge in [-0.25, -0.2) is 0 Å². The molecule has 1 aromatic rings. The summed E-state index contributed by atoms with van der Waals surface area (Å²) in [5, 5.41) is 7.37. The first kappa shape index (κ1) is 8.24. The maximum Gasteiger partial charge on any atom is 0.163 e. The van der Waals surface area contributed by atoms with Crippen LogP contribution in [-0.2, 0) is 0 Å². The lowest BCUT2D eigenvalue weighted by atomic mass is 9.93. The first-order valence-corrected chi connectivity index (χ1v) is 5.19. The molecule has 1 aromatic heterocycles. The monoisotopic (exact) mass is 190 g/mol. The fourth-order valence-electron chi connectivity index (χ4n) is 2.56. The van der Waals surface area contributed by atoms with E-state index < -0.39 is 0 Å². The number of hydrogen-bond acceptors (Lipinski definition) is 3. The molecule has 1 aliphatic heterocycles. The Morgan fingerprint density at radius 3 is 3.21 bits per heavy atom. The number of allylic oxidation sites excluding steroid dienone is 1. The molecule has 3 heteroatoms. The number of aryl methyl sites for hydroxylation is 1. The second-order valence-corrected chi connectivity index (χ2v) is 4.25. The van der Waals surface area contributed by atoms with Crippen molar-refractivity contribution >= 4 is 5.57 Å². The van der Waals surface area contributed by atoms with Crippen molar-refractivity contribution in [2.45, 2.75) is 13.3 Å². The fraction of sp³-hybridized carbons (Fsp3) is 0.545. The lowest BCUT2D eigenvalue weighted by Gasteiger charge is -2.09. The molecular formula is C11H14N2O. The van der Waals surface area contributed by atoms with Crippen LogP contribution in [0, 0.1) is 18.8 Å². The summed E-state index contributed by atoms with van der Waals surface area (Å²) in [5.41, 5.74) is 2.33. The van der Waals surface area contributed by atoms with Gasteiger partial charge in [-0.15, -0.1) is 0 Å². The van der Waals surface area contributed by atoms with Gasteiger partial charge in [0.15, 0.2) is 5.76 Å². The second-order valence-electron chi connectivity index (χ2n) is 4.25. The highest BCUT2D eigenvalue weighted by Gasteiger charge is 2.35. The number of hydrogen-bond donors (Lipinski definition) is 1. The average Bonchev–Trinajstić information content (AvgIpc) is 2.77. The lowest BCUT2D eigenvalue weighted by Crippen LogP contribution is -2.09. The normalized spacial score (nSPS) is 30.5. The van der Waals surface area contributed by atoms with E-state index in [9.17, 15) is 0 Å². The summed E-state index contributed by atoms with van der Waals surface area (Å²) in [6.45, 7) is 4.21. The summed E-state index contributed by atoms with van der Waals surface area (Å²) in [6.07, 6.45) is 3.50. The van der Waals surface area contributed by atoms with Crippen LogP contribution in [-0.4, -0.2) is 18.2 Å². The van der Waals surface area contributed by atoms with E-state index in [2.05, 4.69) is 16.5 Å². The van der Waals surface area contributed by atoms with Gasteiger partial charge in [0.2, 0.25) is 0 Å². The van der Waals surface area contributed by atoms with Crippen LogP contribution in [0.3, 0.4) is 0 Å². The van der Waals surface area contributed by atoms with Crippen molar-refractivity contribution in [2.24, 2.45) is 11.8 Å². The van der Waals surface area contributed by atoms with Gasteiger partial charge in [0, 0.05) is 18.5 Å². The third-order valence-corrected chi connectivity index (χ3v) is 3.29. The van der Waals surface area contributed by atoms with Crippen molar-refractivity contribution in [1.29, 1.82) is 0 Å². The molecule has 3 rings (SSSR count). The van der Waals surface area contributed by atoms with Crippen LogP contribution in [0.15, 0.2) is 16.7 Å². The summed E-state index contributed by atoms with van der Waals surface area (Å²) in [4.78, 5) is 0. The zero-order valence-corrected chi connectivity index (χ0v) is 8.29. The quantitative estimate of drug-likeness (QED) is 0.731. The van der Waals surface area contributed by atoms with Crippen LogP contribution in [0.2, 0.25) is 0 Å². The molecule has 1 aliphatic carbocycles. The maximum atomic E-state index is 5.31. The molecule has 2 aliphatic rings. The average molecular weight is 190 g/mol. The highest BCUT2D eigenvalue weighted by atomic mass is 16.5. The van der Waals surface area contributed by atoms with Gasteiger partial charge in [-0.3, -0.25) is 0 Å². The Morgan fingerprint density at radius 1 is 1.50 bits per heavy atom. The minimum Gasteiger partial charge on any atom is -0.356 e. The van der Waals surface area contributed by atoms with E-state index >= 15 is 0 Å². The van der Waals surface area contributed by atoms with Crippen molar-refractivity contribution in [2.75, 3.05) is 13.1 Å². The highest BCUT2D eigenvalue weighted by Crippen LogP contribution is 2.40. The van der Waals surface area contributed by atoms with E-state index in [-0.39, 0.29) is 0 Å². The molecule has 3 nitrogen and oxygen atoms in total. The molecule has 2 heterocycles. The molecule has 0 saturated carbocycles. The summed E-state index contributed by atoms with van der Waals surface area (Å²) < 4.78 is 5.31. The van der Waals surface area contributed by atoms with Crippen LogP contribution in [0.1, 0.15) is 17.9 Å². The van der Waals surface area contributed by atoms with Crippen molar-refractivity contribution in [1.82, 2.24) is 10.5 Å². The zero-order chi connectivity index (χ0) is 9.54. The number of fused-ring (bicyclic) bond motifs is 1. The molecule has 1 saturated heterocycles.